The average molecular weight is 508 g/mol. The van der Waals surface area contributed by atoms with E-state index in [1.165, 1.54) is 31.9 Å². The monoisotopic (exact) mass is 507 g/mol. The van der Waals surface area contributed by atoms with Crippen molar-refractivity contribution < 1.29 is 13.5 Å². The molecule has 0 spiro atoms. The van der Waals surface area contributed by atoms with Gasteiger partial charge in [0, 0.05) is 29.0 Å². The van der Waals surface area contributed by atoms with Gasteiger partial charge in [-0.1, -0.05) is 11.6 Å². The number of anilines is 1. The van der Waals surface area contributed by atoms with Gasteiger partial charge in [0.05, 0.1) is 19.5 Å². The van der Waals surface area contributed by atoms with Gasteiger partial charge in [0.15, 0.2) is 11.5 Å². The van der Waals surface area contributed by atoms with Gasteiger partial charge in [0.2, 0.25) is 0 Å². The molecule has 1 atom stereocenters. The van der Waals surface area contributed by atoms with Gasteiger partial charge in [0.1, 0.15) is 23.5 Å². The van der Waals surface area contributed by atoms with Crippen molar-refractivity contribution >= 4 is 28.6 Å². The van der Waals surface area contributed by atoms with Gasteiger partial charge in [-0.2, -0.15) is 0 Å². The second kappa shape index (κ2) is 9.46. The number of rotatable bonds is 6. The lowest BCUT2D eigenvalue weighted by Gasteiger charge is -2.24. The normalized spacial score (nSPS) is 12.1. The second-order valence-electron chi connectivity index (χ2n) is 8.13. The van der Waals surface area contributed by atoms with E-state index in [9.17, 15) is 8.78 Å². The number of benzene rings is 2. The first kappa shape index (κ1) is 23.6. The van der Waals surface area contributed by atoms with Gasteiger partial charge in [-0.15, -0.1) is 0 Å². The van der Waals surface area contributed by atoms with Crippen LogP contribution in [0.25, 0.3) is 33.4 Å². The molecule has 3 heterocycles. The zero-order valence-corrected chi connectivity index (χ0v) is 20.2. The van der Waals surface area contributed by atoms with Crippen LogP contribution >= 0.6 is 11.6 Å². The molecule has 1 unspecified atom stereocenters. The molecule has 2 aromatic carbocycles. The van der Waals surface area contributed by atoms with Crippen molar-refractivity contribution in [1.82, 2.24) is 29.9 Å². The van der Waals surface area contributed by atoms with Crippen LogP contribution in [0.1, 0.15) is 24.1 Å². The number of aromatic nitrogens is 6. The Hall–Kier alpha value is -4.18. The molecule has 5 aromatic rings. The number of nitrogens with zero attached hydrogens (tertiary/aromatic N) is 5. The molecule has 0 radical (unpaired) electrons. The highest BCUT2D eigenvalue weighted by Gasteiger charge is 2.23. The van der Waals surface area contributed by atoms with Crippen LogP contribution in [-0.4, -0.2) is 37.0 Å². The van der Waals surface area contributed by atoms with Crippen LogP contribution in [0.2, 0.25) is 5.02 Å². The third-order valence-electron chi connectivity index (χ3n) is 5.84. The molecular formula is C25H20ClF2N7O. The molecule has 5 rings (SSSR count). The van der Waals surface area contributed by atoms with E-state index < -0.39 is 17.7 Å². The highest BCUT2D eigenvalue weighted by molar-refractivity contribution is 6.32. The SMILES string of the molecule is COc1ncc(-c2c(C)c(Cl)cc(C(C)Nc3ncnc4[nH]cnc34)c2-c2cc(F)cc(F)c2)cn1. The first-order valence-electron chi connectivity index (χ1n) is 10.9. The maximum atomic E-state index is 14.4. The van der Waals surface area contributed by atoms with Crippen molar-refractivity contribution in [2.45, 2.75) is 19.9 Å². The van der Waals surface area contributed by atoms with Crippen LogP contribution in [0, 0.1) is 18.6 Å². The van der Waals surface area contributed by atoms with Gasteiger partial charge in [-0.25, -0.2) is 33.7 Å². The van der Waals surface area contributed by atoms with Gasteiger partial charge >= 0.3 is 6.01 Å². The van der Waals surface area contributed by atoms with Crippen LogP contribution in [0.5, 0.6) is 6.01 Å². The Morgan fingerprint density at radius 1 is 0.944 bits per heavy atom. The predicted octanol–water partition coefficient (Wildman–Crippen LogP) is 5.90. The molecule has 0 aliphatic rings. The summed E-state index contributed by atoms with van der Waals surface area (Å²) in [7, 11) is 1.47. The minimum atomic E-state index is -0.699. The van der Waals surface area contributed by atoms with Crippen molar-refractivity contribution in [1.29, 1.82) is 0 Å². The van der Waals surface area contributed by atoms with E-state index in [2.05, 4.69) is 35.2 Å². The molecule has 8 nitrogen and oxygen atoms in total. The van der Waals surface area contributed by atoms with E-state index in [1.54, 1.807) is 18.5 Å². The fraction of sp³-hybridized carbons (Fsp3) is 0.160. The summed E-state index contributed by atoms with van der Waals surface area (Å²) < 4.78 is 33.9. The summed E-state index contributed by atoms with van der Waals surface area (Å²) in [6.07, 6.45) is 6.12. The maximum absolute atomic E-state index is 14.4. The lowest BCUT2D eigenvalue weighted by Crippen LogP contribution is -2.11. The number of hydrogen-bond donors (Lipinski definition) is 2. The number of ether oxygens (including phenoxy) is 1. The number of methoxy groups -OCH3 is 1. The van der Waals surface area contributed by atoms with Crippen LogP contribution in [0.4, 0.5) is 14.6 Å². The molecular weight excluding hydrogens is 488 g/mol. The number of halogens is 3. The Balaban J connectivity index is 1.74. The van der Waals surface area contributed by atoms with Crippen LogP contribution in [-0.2, 0) is 0 Å². The van der Waals surface area contributed by atoms with Crippen molar-refractivity contribution in [3.63, 3.8) is 0 Å². The molecule has 0 fully saturated rings. The van der Waals surface area contributed by atoms with Crippen molar-refractivity contribution in [2.75, 3.05) is 12.4 Å². The number of hydrogen-bond acceptors (Lipinski definition) is 7. The Morgan fingerprint density at radius 2 is 1.67 bits per heavy atom. The topological polar surface area (TPSA) is 102 Å². The van der Waals surface area contributed by atoms with Crippen molar-refractivity contribution in [2.24, 2.45) is 0 Å². The molecule has 3 aromatic heterocycles. The lowest BCUT2D eigenvalue weighted by atomic mass is 9.86. The quantitative estimate of drug-likeness (QED) is 0.295. The summed E-state index contributed by atoms with van der Waals surface area (Å²) in [4.78, 5) is 24.2. The standard InChI is InChI=1S/C25H20ClF2N7O/c1-12-19(26)7-18(13(2)35-24-22-23(32-10-31-22)33-11-34-24)21(14-4-16(27)6-17(28)5-14)20(12)15-8-29-25(36-3)30-9-15/h4-11,13H,1-3H3,(H2,31,32,33,34,35). The summed E-state index contributed by atoms with van der Waals surface area (Å²) in [5.74, 6) is -0.901. The largest absolute Gasteiger partial charge is 0.467 e. The van der Waals surface area contributed by atoms with E-state index in [1.807, 2.05) is 13.8 Å². The Labute approximate surface area is 209 Å². The summed E-state index contributed by atoms with van der Waals surface area (Å²) >= 11 is 6.69. The smallest absolute Gasteiger partial charge is 0.316 e. The van der Waals surface area contributed by atoms with E-state index in [0.29, 0.717) is 55.4 Å². The van der Waals surface area contributed by atoms with E-state index >= 15 is 0 Å². The zero-order chi connectivity index (χ0) is 25.4. The number of nitrogens with one attached hydrogen (secondary N) is 2. The fourth-order valence-electron chi connectivity index (χ4n) is 4.18. The molecule has 182 valence electrons. The predicted molar refractivity (Wildman–Crippen MR) is 133 cm³/mol. The second-order valence-corrected chi connectivity index (χ2v) is 8.53. The number of imidazole rings is 1. The van der Waals surface area contributed by atoms with Gasteiger partial charge in [0.25, 0.3) is 0 Å². The molecule has 0 amide bonds. The number of fused-ring (bicyclic) bond motifs is 1. The molecule has 0 saturated carbocycles. The minimum absolute atomic E-state index is 0.193. The minimum Gasteiger partial charge on any atom is -0.467 e. The molecule has 0 saturated heterocycles. The summed E-state index contributed by atoms with van der Waals surface area (Å²) in [5, 5.41) is 3.81. The van der Waals surface area contributed by atoms with Gasteiger partial charge < -0.3 is 15.0 Å². The first-order chi connectivity index (χ1) is 17.4. The third kappa shape index (κ3) is 4.31. The summed E-state index contributed by atoms with van der Waals surface area (Å²) in [6.45, 7) is 3.73. The zero-order valence-electron chi connectivity index (χ0n) is 19.5. The molecule has 11 heteroatoms. The number of H-pyrrole nitrogens is 1. The fourth-order valence-corrected chi connectivity index (χ4v) is 4.40. The average Bonchev–Trinajstić information content (AvgIpc) is 3.35. The third-order valence-corrected chi connectivity index (χ3v) is 6.23. The highest BCUT2D eigenvalue weighted by atomic mass is 35.5. The van der Waals surface area contributed by atoms with E-state index in [4.69, 9.17) is 16.3 Å². The number of aromatic amines is 1. The molecule has 0 aliphatic carbocycles. The maximum Gasteiger partial charge on any atom is 0.316 e. The Bertz CT molecular complexity index is 1550. The summed E-state index contributed by atoms with van der Waals surface area (Å²) in [6, 6.07) is 4.97. The molecule has 0 aliphatic heterocycles. The highest BCUT2D eigenvalue weighted by Crippen LogP contribution is 2.43. The van der Waals surface area contributed by atoms with Crippen molar-refractivity contribution in [3.8, 4) is 28.3 Å². The summed E-state index contributed by atoms with van der Waals surface area (Å²) in [5.41, 5.74) is 4.70. The van der Waals surface area contributed by atoms with Gasteiger partial charge in [-0.3, -0.25) is 0 Å². The molecule has 0 bridgehead atoms. The Morgan fingerprint density at radius 3 is 2.36 bits per heavy atom. The molecule has 2 N–H and O–H groups in total. The van der Waals surface area contributed by atoms with Crippen LogP contribution < -0.4 is 10.1 Å². The first-order valence-corrected chi connectivity index (χ1v) is 11.3. The van der Waals surface area contributed by atoms with Crippen LogP contribution in [0.15, 0.2) is 49.3 Å². The van der Waals surface area contributed by atoms with E-state index in [-0.39, 0.29) is 6.01 Å². The van der Waals surface area contributed by atoms with Crippen LogP contribution in [0.3, 0.4) is 0 Å². The van der Waals surface area contributed by atoms with E-state index in [0.717, 1.165) is 6.07 Å². The molecule has 36 heavy (non-hydrogen) atoms. The lowest BCUT2D eigenvalue weighted by molar-refractivity contribution is 0.380. The Kier molecular flexibility index (Phi) is 6.19. The van der Waals surface area contributed by atoms with Crippen molar-refractivity contribution in [3.05, 3.63) is 77.1 Å². The van der Waals surface area contributed by atoms with Gasteiger partial charge in [-0.05, 0) is 59.9 Å².